The summed E-state index contributed by atoms with van der Waals surface area (Å²) >= 11 is 7.96. The van der Waals surface area contributed by atoms with E-state index >= 15 is 0 Å². The molecule has 0 bridgehead atoms. The van der Waals surface area contributed by atoms with Gasteiger partial charge in [-0.1, -0.05) is 0 Å². The number of thiophene rings is 1. The van der Waals surface area contributed by atoms with E-state index in [-0.39, 0.29) is 0 Å². The van der Waals surface area contributed by atoms with Crippen LogP contribution in [0.4, 0.5) is 17.2 Å². The minimum atomic E-state index is 0.304. The first-order valence-corrected chi connectivity index (χ1v) is 10.5. The Kier molecular flexibility index (Phi) is 5.00. The third-order valence-corrected chi connectivity index (χ3v) is 6.40. The van der Waals surface area contributed by atoms with Crippen molar-refractivity contribution in [2.45, 2.75) is 39.5 Å². The lowest BCUT2D eigenvalue weighted by Gasteiger charge is -2.21. The van der Waals surface area contributed by atoms with Gasteiger partial charge in [-0.15, -0.1) is 11.3 Å². The molecule has 1 aliphatic rings. The highest BCUT2D eigenvalue weighted by Gasteiger charge is 2.21. The van der Waals surface area contributed by atoms with Crippen LogP contribution in [-0.4, -0.2) is 23.1 Å². The van der Waals surface area contributed by atoms with Crippen molar-refractivity contribution in [1.82, 2.24) is 9.97 Å². The molecule has 0 unspecified atom stereocenters. The Hall–Kier alpha value is -1.85. The zero-order valence-electron chi connectivity index (χ0n) is 15.2. The molecule has 0 fully saturated rings. The van der Waals surface area contributed by atoms with Crippen LogP contribution in [0.15, 0.2) is 24.3 Å². The molecule has 0 aliphatic heterocycles. The number of benzene rings is 1. The van der Waals surface area contributed by atoms with E-state index in [1.807, 2.05) is 0 Å². The fourth-order valence-corrected chi connectivity index (χ4v) is 5.18. The second kappa shape index (κ2) is 7.41. The first-order chi connectivity index (χ1) is 12.7. The van der Waals surface area contributed by atoms with E-state index in [4.69, 9.17) is 11.6 Å². The maximum atomic E-state index is 6.20. The van der Waals surface area contributed by atoms with Crippen molar-refractivity contribution in [3.63, 3.8) is 0 Å². The summed E-state index contributed by atoms with van der Waals surface area (Å²) in [6, 6.07) is 8.51. The summed E-state index contributed by atoms with van der Waals surface area (Å²) < 4.78 is 0. The number of hydrogen-bond donors (Lipinski definition) is 1. The lowest BCUT2D eigenvalue weighted by molar-refractivity contribution is 0.700. The molecule has 0 amide bonds. The highest BCUT2D eigenvalue weighted by Crippen LogP contribution is 2.39. The van der Waals surface area contributed by atoms with Crippen molar-refractivity contribution in [3.05, 3.63) is 40.0 Å². The zero-order valence-corrected chi connectivity index (χ0v) is 16.8. The second-order valence-electron chi connectivity index (χ2n) is 6.58. The zero-order chi connectivity index (χ0) is 18.1. The topological polar surface area (TPSA) is 41.0 Å². The van der Waals surface area contributed by atoms with E-state index in [9.17, 15) is 0 Å². The largest absolute Gasteiger partial charge is 0.372 e. The van der Waals surface area contributed by atoms with Gasteiger partial charge in [-0.25, -0.2) is 4.98 Å². The molecule has 6 heteroatoms. The number of aromatic nitrogens is 2. The van der Waals surface area contributed by atoms with Crippen LogP contribution in [0.2, 0.25) is 5.28 Å². The first kappa shape index (κ1) is 17.6. The third-order valence-electron chi connectivity index (χ3n) is 5.05. The van der Waals surface area contributed by atoms with Gasteiger partial charge in [0.05, 0.1) is 5.39 Å². The summed E-state index contributed by atoms with van der Waals surface area (Å²) in [4.78, 5) is 13.8. The lowest BCUT2D eigenvalue weighted by Crippen LogP contribution is -2.21. The molecule has 2 heterocycles. The fourth-order valence-electron chi connectivity index (χ4n) is 3.70. The molecule has 2 aromatic heterocycles. The van der Waals surface area contributed by atoms with Gasteiger partial charge >= 0.3 is 0 Å². The average molecular weight is 387 g/mol. The van der Waals surface area contributed by atoms with E-state index in [1.165, 1.54) is 29.0 Å². The van der Waals surface area contributed by atoms with Gasteiger partial charge in [0.1, 0.15) is 10.6 Å². The summed E-state index contributed by atoms with van der Waals surface area (Å²) in [5.74, 6) is 0.829. The van der Waals surface area contributed by atoms with Gasteiger partial charge in [-0.3, -0.25) is 0 Å². The Labute approximate surface area is 163 Å². The monoisotopic (exact) mass is 386 g/mol. The maximum Gasteiger partial charge on any atom is 0.225 e. The molecular formula is C20H23ClN4S. The van der Waals surface area contributed by atoms with Crippen LogP contribution in [0.1, 0.15) is 37.1 Å². The Bertz CT molecular complexity index is 916. The summed E-state index contributed by atoms with van der Waals surface area (Å²) in [5.41, 5.74) is 3.67. The quantitative estimate of drug-likeness (QED) is 0.561. The molecule has 0 saturated carbocycles. The van der Waals surface area contributed by atoms with Crippen molar-refractivity contribution in [1.29, 1.82) is 0 Å². The number of hydrogen-bond acceptors (Lipinski definition) is 5. The number of nitrogens with zero attached hydrogens (tertiary/aromatic N) is 3. The predicted octanol–water partition coefficient (Wildman–Crippen LogP) is 5.81. The molecule has 3 aromatic rings. The van der Waals surface area contributed by atoms with E-state index in [1.54, 1.807) is 11.3 Å². The molecule has 0 radical (unpaired) electrons. The predicted molar refractivity (Wildman–Crippen MR) is 112 cm³/mol. The Morgan fingerprint density at radius 2 is 1.81 bits per heavy atom. The van der Waals surface area contributed by atoms with E-state index in [0.717, 1.165) is 47.7 Å². The van der Waals surface area contributed by atoms with Crippen molar-refractivity contribution < 1.29 is 0 Å². The van der Waals surface area contributed by atoms with E-state index in [0.29, 0.717) is 5.28 Å². The Morgan fingerprint density at radius 3 is 2.54 bits per heavy atom. The normalized spacial score (nSPS) is 13.7. The van der Waals surface area contributed by atoms with Gasteiger partial charge in [0.25, 0.3) is 0 Å². The van der Waals surface area contributed by atoms with Gasteiger partial charge in [-0.2, -0.15) is 4.98 Å². The minimum Gasteiger partial charge on any atom is -0.372 e. The van der Waals surface area contributed by atoms with Crippen molar-refractivity contribution in [2.75, 3.05) is 23.3 Å². The van der Waals surface area contributed by atoms with Crippen LogP contribution in [0.5, 0.6) is 0 Å². The lowest BCUT2D eigenvalue weighted by atomic mass is 9.97. The Morgan fingerprint density at radius 1 is 1.08 bits per heavy atom. The summed E-state index contributed by atoms with van der Waals surface area (Å²) in [5, 5.41) is 4.94. The standard InChI is InChI=1S/C20H23ClN4S/c1-3-25(4-2)14-11-9-13(10-12-14)22-18-17-15-7-5-6-8-16(15)26-19(17)24-20(21)23-18/h9-12H,3-8H2,1-2H3,(H,22,23,24). The first-order valence-electron chi connectivity index (χ1n) is 9.29. The molecular weight excluding hydrogens is 364 g/mol. The van der Waals surface area contributed by atoms with Gasteiger partial charge in [0, 0.05) is 29.3 Å². The van der Waals surface area contributed by atoms with Gasteiger partial charge in [0.15, 0.2) is 0 Å². The molecule has 1 N–H and O–H groups in total. The number of rotatable bonds is 5. The minimum absolute atomic E-state index is 0.304. The molecule has 26 heavy (non-hydrogen) atoms. The van der Waals surface area contributed by atoms with Gasteiger partial charge in [0.2, 0.25) is 5.28 Å². The molecule has 136 valence electrons. The molecule has 4 nitrogen and oxygen atoms in total. The molecule has 0 atom stereocenters. The average Bonchev–Trinajstić information content (AvgIpc) is 3.02. The van der Waals surface area contributed by atoms with Gasteiger partial charge in [-0.05, 0) is 81.0 Å². The van der Waals surface area contributed by atoms with Crippen molar-refractivity contribution in [2.24, 2.45) is 0 Å². The smallest absolute Gasteiger partial charge is 0.225 e. The maximum absolute atomic E-state index is 6.20. The van der Waals surface area contributed by atoms with Crippen LogP contribution in [0.25, 0.3) is 10.2 Å². The van der Waals surface area contributed by atoms with Crippen molar-refractivity contribution >= 4 is 50.3 Å². The van der Waals surface area contributed by atoms with Crippen LogP contribution >= 0.6 is 22.9 Å². The summed E-state index contributed by atoms with van der Waals surface area (Å²) in [6.07, 6.45) is 4.75. The number of anilines is 3. The molecule has 1 aromatic carbocycles. The number of nitrogens with one attached hydrogen (secondary N) is 1. The third kappa shape index (κ3) is 3.26. The van der Waals surface area contributed by atoms with E-state index < -0.39 is 0 Å². The fraction of sp³-hybridized carbons (Fsp3) is 0.400. The van der Waals surface area contributed by atoms with E-state index in [2.05, 4.69) is 58.3 Å². The highest BCUT2D eigenvalue weighted by molar-refractivity contribution is 7.19. The van der Waals surface area contributed by atoms with Crippen LogP contribution in [0.3, 0.4) is 0 Å². The molecule has 4 rings (SSSR count). The van der Waals surface area contributed by atoms with Crippen LogP contribution in [-0.2, 0) is 12.8 Å². The SMILES string of the molecule is CCN(CC)c1ccc(Nc2nc(Cl)nc3sc4c(c23)CCCC4)cc1. The van der Waals surface area contributed by atoms with Crippen LogP contribution in [0, 0.1) is 0 Å². The molecule has 1 aliphatic carbocycles. The molecule has 0 saturated heterocycles. The van der Waals surface area contributed by atoms with Gasteiger partial charge < -0.3 is 10.2 Å². The van der Waals surface area contributed by atoms with Crippen molar-refractivity contribution in [3.8, 4) is 0 Å². The summed E-state index contributed by atoms with van der Waals surface area (Å²) in [6.45, 7) is 6.36. The number of aryl methyl sites for hydroxylation is 2. The summed E-state index contributed by atoms with van der Waals surface area (Å²) in [7, 11) is 0. The second-order valence-corrected chi connectivity index (χ2v) is 8.00. The molecule has 0 spiro atoms. The Balaban J connectivity index is 1.69. The highest BCUT2D eigenvalue weighted by atomic mass is 35.5. The number of halogens is 1. The van der Waals surface area contributed by atoms with Crippen LogP contribution < -0.4 is 10.2 Å². The number of fused-ring (bicyclic) bond motifs is 3.